The molecule has 0 saturated carbocycles. The third-order valence-corrected chi connectivity index (χ3v) is 3.25. The molecule has 1 fully saturated rings. The molecule has 1 aromatic rings. The van der Waals surface area contributed by atoms with Crippen LogP contribution in [0.15, 0.2) is 16.9 Å². The first kappa shape index (κ1) is 12.1. The number of nitrogens with one attached hydrogen (secondary N) is 1. The lowest BCUT2D eigenvalue weighted by Crippen LogP contribution is -2.49. The summed E-state index contributed by atoms with van der Waals surface area (Å²) in [6, 6.07) is 0.421. The van der Waals surface area contributed by atoms with E-state index in [2.05, 4.69) is 40.2 Å². The summed E-state index contributed by atoms with van der Waals surface area (Å²) in [5, 5.41) is 7.77. The minimum Gasteiger partial charge on any atom is -0.380 e. The van der Waals surface area contributed by atoms with Crippen LogP contribution in [0.5, 0.6) is 0 Å². The van der Waals surface area contributed by atoms with E-state index in [1.165, 1.54) is 0 Å². The van der Waals surface area contributed by atoms with Gasteiger partial charge in [0, 0.05) is 24.2 Å². The van der Waals surface area contributed by atoms with E-state index in [9.17, 15) is 0 Å². The third-order valence-electron chi connectivity index (χ3n) is 2.84. The molecule has 2 rings (SSSR count). The Kier molecular flexibility index (Phi) is 3.66. The van der Waals surface area contributed by atoms with Gasteiger partial charge in [0.2, 0.25) is 0 Å². The molecule has 1 aliphatic rings. The van der Waals surface area contributed by atoms with Gasteiger partial charge in [0.1, 0.15) is 0 Å². The maximum absolute atomic E-state index is 5.23. The summed E-state index contributed by atoms with van der Waals surface area (Å²) in [6.07, 6.45) is 3.81. The van der Waals surface area contributed by atoms with Crippen LogP contribution < -0.4 is 5.32 Å². The lowest BCUT2D eigenvalue weighted by Gasteiger charge is -2.39. The Balaban J connectivity index is 1.73. The molecule has 4 nitrogen and oxygen atoms in total. The van der Waals surface area contributed by atoms with Crippen molar-refractivity contribution in [1.29, 1.82) is 0 Å². The molecule has 5 heteroatoms. The van der Waals surface area contributed by atoms with Crippen LogP contribution in [0.3, 0.4) is 0 Å². The molecule has 2 heterocycles. The Morgan fingerprint density at radius 1 is 1.69 bits per heavy atom. The first-order valence-corrected chi connectivity index (χ1v) is 6.36. The zero-order valence-corrected chi connectivity index (χ0v) is 11.3. The Bertz CT molecular complexity index is 349. The quantitative estimate of drug-likeness (QED) is 0.895. The molecule has 16 heavy (non-hydrogen) atoms. The molecular weight excluding hydrogens is 270 g/mol. The second-order valence-electron chi connectivity index (χ2n) is 4.97. The number of nitrogens with zero attached hydrogens (tertiary/aromatic N) is 2. The van der Waals surface area contributed by atoms with E-state index < -0.39 is 0 Å². The van der Waals surface area contributed by atoms with Crippen LogP contribution in [0, 0.1) is 5.41 Å². The van der Waals surface area contributed by atoms with Gasteiger partial charge >= 0.3 is 0 Å². The molecule has 90 valence electrons. The van der Waals surface area contributed by atoms with Crippen LogP contribution in [0.2, 0.25) is 0 Å². The average molecular weight is 288 g/mol. The van der Waals surface area contributed by atoms with E-state index >= 15 is 0 Å². The predicted molar refractivity (Wildman–Crippen MR) is 66.3 cm³/mol. The average Bonchev–Trinajstić information content (AvgIpc) is 2.58. The molecule has 1 aliphatic heterocycles. The van der Waals surface area contributed by atoms with Crippen molar-refractivity contribution in [3.8, 4) is 0 Å². The van der Waals surface area contributed by atoms with Crippen LogP contribution in [0.1, 0.15) is 13.8 Å². The first-order valence-electron chi connectivity index (χ1n) is 5.56. The molecule has 0 aromatic carbocycles. The van der Waals surface area contributed by atoms with E-state index in [4.69, 9.17) is 4.74 Å². The highest BCUT2D eigenvalue weighted by Crippen LogP contribution is 2.25. The van der Waals surface area contributed by atoms with Gasteiger partial charge in [-0.05, 0) is 22.9 Å². The van der Waals surface area contributed by atoms with Gasteiger partial charge in [-0.25, -0.2) is 0 Å². The fraction of sp³-hybridized carbons (Fsp3) is 0.727. The number of rotatable bonds is 5. The van der Waals surface area contributed by atoms with Crippen LogP contribution in [-0.4, -0.2) is 35.6 Å². The molecule has 0 spiro atoms. The zero-order chi connectivity index (χ0) is 11.6. The zero-order valence-electron chi connectivity index (χ0n) is 9.74. The maximum atomic E-state index is 5.23. The monoisotopic (exact) mass is 287 g/mol. The molecule has 0 bridgehead atoms. The Morgan fingerprint density at radius 2 is 2.44 bits per heavy atom. The summed E-state index contributed by atoms with van der Waals surface area (Å²) < 4.78 is 8.20. The van der Waals surface area contributed by atoms with Gasteiger partial charge in [-0.2, -0.15) is 5.10 Å². The Morgan fingerprint density at radius 3 is 2.94 bits per heavy atom. The molecule has 1 unspecified atom stereocenters. The summed E-state index contributed by atoms with van der Waals surface area (Å²) >= 11 is 3.39. The first-order chi connectivity index (χ1) is 7.57. The molecule has 1 atom stereocenters. The predicted octanol–water partition coefficient (Wildman–Crippen LogP) is 1.66. The Hall–Kier alpha value is -0.390. The molecule has 0 radical (unpaired) electrons. The molecular formula is C11H18BrN3O. The Labute approximate surface area is 104 Å². The highest BCUT2D eigenvalue weighted by atomic mass is 79.9. The molecule has 1 aromatic heterocycles. The van der Waals surface area contributed by atoms with E-state index in [0.717, 1.165) is 30.8 Å². The van der Waals surface area contributed by atoms with Crippen LogP contribution in [0.4, 0.5) is 0 Å². The van der Waals surface area contributed by atoms with Crippen molar-refractivity contribution < 1.29 is 4.74 Å². The van der Waals surface area contributed by atoms with Crippen molar-refractivity contribution in [2.45, 2.75) is 26.4 Å². The third kappa shape index (κ3) is 3.06. The smallest absolute Gasteiger partial charge is 0.0632 e. The van der Waals surface area contributed by atoms with Gasteiger partial charge in [0.15, 0.2) is 0 Å². The van der Waals surface area contributed by atoms with Crippen molar-refractivity contribution in [3.63, 3.8) is 0 Å². The number of halogens is 1. The topological polar surface area (TPSA) is 39.1 Å². The fourth-order valence-electron chi connectivity index (χ4n) is 1.76. The lowest BCUT2D eigenvalue weighted by atomic mass is 9.88. The normalized spacial score (nSPS) is 20.4. The van der Waals surface area contributed by atoms with Crippen LogP contribution >= 0.6 is 15.9 Å². The van der Waals surface area contributed by atoms with Crippen molar-refractivity contribution >= 4 is 15.9 Å². The highest BCUT2D eigenvalue weighted by Gasteiger charge is 2.33. The number of hydrogen-bond donors (Lipinski definition) is 1. The van der Waals surface area contributed by atoms with Crippen molar-refractivity contribution in [3.05, 3.63) is 16.9 Å². The van der Waals surface area contributed by atoms with Crippen molar-refractivity contribution in [2.24, 2.45) is 5.41 Å². The summed E-state index contributed by atoms with van der Waals surface area (Å²) in [7, 11) is 0. The maximum Gasteiger partial charge on any atom is 0.0632 e. The van der Waals surface area contributed by atoms with Gasteiger partial charge in [-0.15, -0.1) is 0 Å². The second-order valence-corrected chi connectivity index (χ2v) is 5.88. The van der Waals surface area contributed by atoms with E-state index in [1.807, 2.05) is 17.1 Å². The van der Waals surface area contributed by atoms with Gasteiger partial charge < -0.3 is 10.1 Å². The summed E-state index contributed by atoms with van der Waals surface area (Å²) in [5.41, 5.74) is 0.332. The van der Waals surface area contributed by atoms with Gasteiger partial charge in [0.25, 0.3) is 0 Å². The summed E-state index contributed by atoms with van der Waals surface area (Å²) in [4.78, 5) is 0. The van der Waals surface area contributed by atoms with E-state index in [-0.39, 0.29) is 0 Å². The summed E-state index contributed by atoms with van der Waals surface area (Å²) in [6.45, 7) is 8.08. The SMILES string of the molecule is CC(Cn1cc(Br)cn1)NCC1(C)COC1. The highest BCUT2D eigenvalue weighted by molar-refractivity contribution is 9.10. The van der Waals surface area contributed by atoms with Gasteiger partial charge in [-0.3, -0.25) is 4.68 Å². The molecule has 0 aliphatic carbocycles. The minimum atomic E-state index is 0.332. The largest absolute Gasteiger partial charge is 0.380 e. The molecule has 0 amide bonds. The van der Waals surface area contributed by atoms with Gasteiger partial charge in [-0.1, -0.05) is 6.92 Å². The number of ether oxygens (including phenoxy) is 1. The number of aromatic nitrogens is 2. The second kappa shape index (κ2) is 4.85. The molecule has 1 N–H and O–H groups in total. The molecule has 1 saturated heterocycles. The van der Waals surface area contributed by atoms with Gasteiger partial charge in [0.05, 0.1) is 30.4 Å². The van der Waals surface area contributed by atoms with Crippen LogP contribution in [-0.2, 0) is 11.3 Å². The van der Waals surface area contributed by atoms with E-state index in [0.29, 0.717) is 11.5 Å². The lowest BCUT2D eigenvalue weighted by molar-refractivity contribution is -0.1000. The van der Waals surface area contributed by atoms with Crippen LogP contribution in [0.25, 0.3) is 0 Å². The number of hydrogen-bond acceptors (Lipinski definition) is 3. The van der Waals surface area contributed by atoms with Crippen molar-refractivity contribution in [1.82, 2.24) is 15.1 Å². The standard InChI is InChI=1S/C11H18BrN3O/c1-9(4-15-5-10(12)3-14-15)13-6-11(2)7-16-8-11/h3,5,9,13H,4,6-8H2,1-2H3. The van der Waals surface area contributed by atoms with E-state index in [1.54, 1.807) is 0 Å². The van der Waals surface area contributed by atoms with Crippen molar-refractivity contribution in [2.75, 3.05) is 19.8 Å². The minimum absolute atomic E-state index is 0.332. The fourth-order valence-corrected chi connectivity index (χ4v) is 2.08. The summed E-state index contributed by atoms with van der Waals surface area (Å²) in [5.74, 6) is 0.